The topological polar surface area (TPSA) is 111 Å². The number of benzene rings is 1. The van der Waals surface area contributed by atoms with Crippen LogP contribution < -0.4 is 16.4 Å². The van der Waals surface area contributed by atoms with Crippen LogP contribution in [-0.2, 0) is 14.3 Å². The van der Waals surface area contributed by atoms with Crippen molar-refractivity contribution < 1.29 is 19.1 Å². The molecule has 0 saturated carbocycles. The third-order valence-corrected chi connectivity index (χ3v) is 2.80. The van der Waals surface area contributed by atoms with E-state index in [0.717, 1.165) is 6.42 Å². The average Bonchev–Trinajstić information content (AvgIpc) is 2.50. The van der Waals surface area contributed by atoms with Gasteiger partial charge in [0.1, 0.15) is 6.04 Å². The molecule has 1 aromatic rings. The van der Waals surface area contributed by atoms with Gasteiger partial charge in [-0.2, -0.15) is 0 Å². The van der Waals surface area contributed by atoms with Crippen LogP contribution in [0.15, 0.2) is 24.3 Å². The van der Waals surface area contributed by atoms with E-state index in [2.05, 4.69) is 10.6 Å². The lowest BCUT2D eigenvalue weighted by Crippen LogP contribution is -2.46. The van der Waals surface area contributed by atoms with Crippen LogP contribution in [0.25, 0.3) is 0 Å². The number of anilines is 1. The molecule has 2 amide bonds. The van der Waals surface area contributed by atoms with Crippen LogP contribution in [-0.4, -0.2) is 37.0 Å². The number of amides is 2. The maximum Gasteiger partial charge on any atom is 0.338 e. The van der Waals surface area contributed by atoms with Gasteiger partial charge in [-0.25, -0.2) is 4.79 Å². The molecule has 0 aliphatic carbocycles. The Kier molecular flexibility index (Phi) is 6.88. The minimum Gasteiger partial charge on any atom is -0.452 e. The first-order valence-corrected chi connectivity index (χ1v) is 7.03. The summed E-state index contributed by atoms with van der Waals surface area (Å²) in [4.78, 5) is 34.9. The second kappa shape index (κ2) is 8.66. The fourth-order valence-corrected chi connectivity index (χ4v) is 1.58. The summed E-state index contributed by atoms with van der Waals surface area (Å²) in [6, 6.07) is 5.47. The van der Waals surface area contributed by atoms with Crippen molar-refractivity contribution in [1.29, 1.82) is 0 Å². The van der Waals surface area contributed by atoms with Gasteiger partial charge in [0.05, 0.1) is 5.56 Å². The van der Waals surface area contributed by atoms with Crippen LogP contribution in [0, 0.1) is 0 Å². The molecule has 22 heavy (non-hydrogen) atoms. The van der Waals surface area contributed by atoms with Crippen LogP contribution in [0.5, 0.6) is 0 Å². The van der Waals surface area contributed by atoms with E-state index in [4.69, 9.17) is 10.5 Å². The highest BCUT2D eigenvalue weighted by atomic mass is 16.5. The number of carbonyl (C=O) groups excluding carboxylic acids is 3. The fourth-order valence-electron chi connectivity index (χ4n) is 1.58. The van der Waals surface area contributed by atoms with Gasteiger partial charge < -0.3 is 21.1 Å². The smallest absolute Gasteiger partial charge is 0.338 e. The van der Waals surface area contributed by atoms with Crippen LogP contribution in [0.1, 0.15) is 30.6 Å². The molecular formula is C15H21N3O4. The lowest BCUT2D eigenvalue weighted by atomic mass is 10.2. The Morgan fingerprint density at radius 3 is 2.45 bits per heavy atom. The average molecular weight is 307 g/mol. The Labute approximate surface area is 129 Å². The van der Waals surface area contributed by atoms with Gasteiger partial charge in [-0.3, -0.25) is 9.59 Å². The first-order chi connectivity index (χ1) is 10.4. The Bertz CT molecular complexity index is 528. The van der Waals surface area contributed by atoms with Crippen LogP contribution in [0.3, 0.4) is 0 Å². The molecule has 1 aromatic carbocycles. The van der Waals surface area contributed by atoms with Crippen LogP contribution in [0.2, 0.25) is 0 Å². The summed E-state index contributed by atoms with van der Waals surface area (Å²) >= 11 is 0. The summed E-state index contributed by atoms with van der Waals surface area (Å²) in [5.74, 6) is -1.44. The number of rotatable bonds is 7. The van der Waals surface area contributed by atoms with E-state index in [1.165, 1.54) is 12.1 Å². The van der Waals surface area contributed by atoms with Crippen molar-refractivity contribution in [3.05, 3.63) is 29.8 Å². The van der Waals surface area contributed by atoms with E-state index in [1.807, 2.05) is 6.92 Å². The van der Waals surface area contributed by atoms with Crippen molar-refractivity contribution in [3.63, 3.8) is 0 Å². The summed E-state index contributed by atoms with van der Waals surface area (Å²) in [5.41, 5.74) is 6.34. The second-order valence-electron chi connectivity index (χ2n) is 4.78. The Morgan fingerprint density at radius 2 is 1.86 bits per heavy atom. The van der Waals surface area contributed by atoms with Gasteiger partial charge in [-0.15, -0.1) is 0 Å². The maximum atomic E-state index is 11.7. The number of nitrogen functional groups attached to an aromatic ring is 1. The summed E-state index contributed by atoms with van der Waals surface area (Å²) in [7, 11) is 0. The second-order valence-corrected chi connectivity index (χ2v) is 4.78. The lowest BCUT2D eigenvalue weighted by Gasteiger charge is -2.13. The zero-order valence-corrected chi connectivity index (χ0v) is 12.7. The van der Waals surface area contributed by atoms with E-state index >= 15 is 0 Å². The van der Waals surface area contributed by atoms with E-state index in [0.29, 0.717) is 17.8 Å². The minimum atomic E-state index is -0.686. The van der Waals surface area contributed by atoms with Gasteiger partial charge in [0.15, 0.2) is 6.61 Å². The molecule has 0 aromatic heterocycles. The molecule has 0 heterocycles. The molecule has 0 spiro atoms. The minimum absolute atomic E-state index is 0.278. The van der Waals surface area contributed by atoms with E-state index in [9.17, 15) is 14.4 Å². The van der Waals surface area contributed by atoms with E-state index < -0.39 is 24.5 Å². The van der Waals surface area contributed by atoms with Crippen molar-refractivity contribution >= 4 is 23.5 Å². The Morgan fingerprint density at radius 1 is 1.23 bits per heavy atom. The third-order valence-electron chi connectivity index (χ3n) is 2.80. The normalized spacial score (nSPS) is 11.4. The zero-order valence-electron chi connectivity index (χ0n) is 12.7. The molecule has 0 radical (unpaired) electrons. The molecule has 0 bridgehead atoms. The van der Waals surface area contributed by atoms with Gasteiger partial charge in [0.25, 0.3) is 5.91 Å². The first-order valence-electron chi connectivity index (χ1n) is 7.03. The Hall–Kier alpha value is -2.57. The van der Waals surface area contributed by atoms with Crippen molar-refractivity contribution in [2.75, 3.05) is 18.9 Å². The molecule has 0 aliphatic heterocycles. The zero-order chi connectivity index (χ0) is 16.5. The number of nitrogens with two attached hydrogens (primary N) is 1. The van der Waals surface area contributed by atoms with E-state index in [-0.39, 0.29) is 5.91 Å². The third kappa shape index (κ3) is 5.82. The number of hydrogen-bond acceptors (Lipinski definition) is 5. The van der Waals surface area contributed by atoms with Gasteiger partial charge in [-0.05, 0) is 37.6 Å². The van der Waals surface area contributed by atoms with Crippen LogP contribution in [0.4, 0.5) is 5.69 Å². The predicted octanol–water partition coefficient (Wildman–Crippen LogP) is 0.457. The molecule has 0 fully saturated rings. The first kappa shape index (κ1) is 17.5. The lowest BCUT2D eigenvalue weighted by molar-refractivity contribution is -0.130. The monoisotopic (exact) mass is 307 g/mol. The number of hydrogen-bond donors (Lipinski definition) is 3. The highest BCUT2D eigenvalue weighted by molar-refractivity contribution is 5.92. The molecule has 120 valence electrons. The quantitative estimate of drug-likeness (QED) is 0.500. The molecule has 4 N–H and O–H groups in total. The van der Waals surface area contributed by atoms with Crippen LogP contribution >= 0.6 is 0 Å². The largest absolute Gasteiger partial charge is 0.452 e. The van der Waals surface area contributed by atoms with Crippen molar-refractivity contribution in [1.82, 2.24) is 10.6 Å². The summed E-state index contributed by atoms with van der Waals surface area (Å²) < 4.78 is 4.87. The van der Waals surface area contributed by atoms with Gasteiger partial charge in [0, 0.05) is 12.2 Å². The molecular weight excluding hydrogens is 286 g/mol. The fraction of sp³-hybridized carbons (Fsp3) is 0.400. The molecule has 0 unspecified atom stereocenters. The summed E-state index contributed by atoms with van der Waals surface area (Å²) in [6.07, 6.45) is 0.811. The number of nitrogens with one attached hydrogen (secondary N) is 2. The number of carbonyl (C=O) groups is 3. The molecule has 7 heteroatoms. The van der Waals surface area contributed by atoms with Crippen molar-refractivity contribution in [2.45, 2.75) is 26.3 Å². The molecule has 1 rings (SSSR count). The standard InChI is InChI=1S/C15H21N3O4/c1-3-8-17-14(20)10(2)18-13(19)9-22-15(21)11-4-6-12(16)7-5-11/h4-7,10H,3,8-9,16H2,1-2H3,(H,17,20)(H,18,19)/t10-/m1/s1. The molecule has 0 aliphatic rings. The molecule has 0 saturated heterocycles. The predicted molar refractivity (Wildman–Crippen MR) is 82.0 cm³/mol. The SMILES string of the molecule is CCCNC(=O)[C@@H](C)NC(=O)COC(=O)c1ccc(N)cc1. The van der Waals surface area contributed by atoms with E-state index in [1.54, 1.807) is 19.1 Å². The Balaban J connectivity index is 2.37. The van der Waals surface area contributed by atoms with Gasteiger partial charge in [0.2, 0.25) is 5.91 Å². The highest BCUT2D eigenvalue weighted by Crippen LogP contribution is 2.06. The van der Waals surface area contributed by atoms with Crippen molar-refractivity contribution in [3.8, 4) is 0 Å². The number of ether oxygens (including phenoxy) is 1. The molecule has 7 nitrogen and oxygen atoms in total. The molecule has 1 atom stereocenters. The van der Waals surface area contributed by atoms with Crippen molar-refractivity contribution in [2.24, 2.45) is 0 Å². The van der Waals surface area contributed by atoms with Gasteiger partial charge in [-0.1, -0.05) is 6.92 Å². The van der Waals surface area contributed by atoms with Gasteiger partial charge >= 0.3 is 5.97 Å². The summed E-state index contributed by atoms with van der Waals surface area (Å²) in [5, 5.41) is 5.12. The maximum absolute atomic E-state index is 11.7. The highest BCUT2D eigenvalue weighted by Gasteiger charge is 2.16. The summed E-state index contributed by atoms with van der Waals surface area (Å²) in [6.45, 7) is 3.59. The number of esters is 1.